The van der Waals surface area contributed by atoms with Crippen molar-refractivity contribution >= 4 is 5.97 Å². The fourth-order valence-corrected chi connectivity index (χ4v) is 1.73. The monoisotopic (exact) mass is 200 g/mol. The van der Waals surface area contributed by atoms with Gasteiger partial charge in [-0.1, -0.05) is 46.5 Å². The normalized spacial score (nSPS) is 13.1. The zero-order valence-corrected chi connectivity index (χ0v) is 9.75. The standard InChI is InChI=1S/C12H24O2/c1-4-5-6-7-8-11(12(13)14)9-10(2)3/h10-11H,4-9H2,1-3H3,(H,13,14)/t11-/m0/s1. The maximum Gasteiger partial charge on any atom is 0.306 e. The molecule has 2 nitrogen and oxygen atoms in total. The second kappa shape index (κ2) is 7.84. The van der Waals surface area contributed by atoms with Crippen molar-refractivity contribution in [2.45, 2.75) is 59.3 Å². The summed E-state index contributed by atoms with van der Waals surface area (Å²) < 4.78 is 0. The summed E-state index contributed by atoms with van der Waals surface area (Å²) in [6.07, 6.45) is 6.36. The van der Waals surface area contributed by atoms with E-state index in [1.165, 1.54) is 19.3 Å². The summed E-state index contributed by atoms with van der Waals surface area (Å²) in [5, 5.41) is 8.98. The number of rotatable bonds is 8. The number of hydrogen-bond acceptors (Lipinski definition) is 1. The predicted molar refractivity (Wildman–Crippen MR) is 59.3 cm³/mol. The van der Waals surface area contributed by atoms with Crippen molar-refractivity contribution in [2.75, 3.05) is 0 Å². The molecule has 0 aromatic heterocycles. The van der Waals surface area contributed by atoms with Gasteiger partial charge in [0.05, 0.1) is 5.92 Å². The van der Waals surface area contributed by atoms with Gasteiger partial charge in [0.15, 0.2) is 0 Å². The molecular weight excluding hydrogens is 176 g/mol. The van der Waals surface area contributed by atoms with Crippen LogP contribution in [0.1, 0.15) is 59.3 Å². The van der Waals surface area contributed by atoms with Gasteiger partial charge in [0.1, 0.15) is 0 Å². The van der Waals surface area contributed by atoms with Crippen molar-refractivity contribution in [3.63, 3.8) is 0 Å². The topological polar surface area (TPSA) is 37.3 Å². The summed E-state index contributed by atoms with van der Waals surface area (Å²) in [6, 6.07) is 0. The van der Waals surface area contributed by atoms with Crippen LogP contribution in [0.4, 0.5) is 0 Å². The van der Waals surface area contributed by atoms with Gasteiger partial charge in [0, 0.05) is 0 Å². The van der Waals surface area contributed by atoms with Crippen molar-refractivity contribution in [3.05, 3.63) is 0 Å². The molecule has 0 amide bonds. The summed E-state index contributed by atoms with van der Waals surface area (Å²) in [5.41, 5.74) is 0. The lowest BCUT2D eigenvalue weighted by atomic mass is 9.92. The summed E-state index contributed by atoms with van der Waals surface area (Å²) in [4.78, 5) is 10.9. The lowest BCUT2D eigenvalue weighted by molar-refractivity contribution is -0.142. The third-order valence-corrected chi connectivity index (χ3v) is 2.51. The summed E-state index contributed by atoms with van der Waals surface area (Å²) in [5.74, 6) is -0.246. The Labute approximate surface area is 87.7 Å². The Kier molecular flexibility index (Phi) is 7.54. The van der Waals surface area contributed by atoms with E-state index in [0.29, 0.717) is 5.92 Å². The van der Waals surface area contributed by atoms with Crippen LogP contribution in [0.2, 0.25) is 0 Å². The Morgan fingerprint density at radius 3 is 2.29 bits per heavy atom. The maximum atomic E-state index is 10.9. The molecule has 0 aliphatic heterocycles. The number of hydrogen-bond donors (Lipinski definition) is 1. The summed E-state index contributed by atoms with van der Waals surface area (Å²) in [7, 11) is 0. The van der Waals surface area contributed by atoms with E-state index in [-0.39, 0.29) is 5.92 Å². The SMILES string of the molecule is CCCCCC[C@@H](CC(C)C)C(=O)O. The maximum absolute atomic E-state index is 10.9. The molecule has 0 spiro atoms. The second-order valence-corrected chi connectivity index (χ2v) is 4.51. The Morgan fingerprint density at radius 2 is 1.86 bits per heavy atom. The van der Waals surface area contributed by atoms with Crippen LogP contribution >= 0.6 is 0 Å². The minimum atomic E-state index is -0.616. The van der Waals surface area contributed by atoms with E-state index in [4.69, 9.17) is 5.11 Å². The van der Waals surface area contributed by atoms with Gasteiger partial charge in [-0.25, -0.2) is 0 Å². The quantitative estimate of drug-likeness (QED) is 0.606. The van der Waals surface area contributed by atoms with E-state index in [1.54, 1.807) is 0 Å². The summed E-state index contributed by atoms with van der Waals surface area (Å²) in [6.45, 7) is 6.34. The van der Waals surface area contributed by atoms with Crippen molar-refractivity contribution < 1.29 is 9.90 Å². The number of aliphatic carboxylic acids is 1. The van der Waals surface area contributed by atoms with Gasteiger partial charge in [0.25, 0.3) is 0 Å². The van der Waals surface area contributed by atoms with Gasteiger partial charge in [-0.15, -0.1) is 0 Å². The lowest BCUT2D eigenvalue weighted by Gasteiger charge is -2.14. The first-order valence-electron chi connectivity index (χ1n) is 5.80. The van der Waals surface area contributed by atoms with Crippen LogP contribution in [-0.2, 0) is 4.79 Å². The molecule has 0 fully saturated rings. The molecule has 0 aromatic carbocycles. The van der Waals surface area contributed by atoms with Crippen molar-refractivity contribution in [3.8, 4) is 0 Å². The van der Waals surface area contributed by atoms with Gasteiger partial charge in [-0.2, -0.15) is 0 Å². The molecule has 0 saturated carbocycles. The van der Waals surface area contributed by atoms with Crippen molar-refractivity contribution in [2.24, 2.45) is 11.8 Å². The first-order valence-corrected chi connectivity index (χ1v) is 5.80. The smallest absolute Gasteiger partial charge is 0.306 e. The minimum Gasteiger partial charge on any atom is -0.481 e. The van der Waals surface area contributed by atoms with E-state index < -0.39 is 5.97 Å². The first kappa shape index (κ1) is 13.5. The molecule has 0 aliphatic carbocycles. The van der Waals surface area contributed by atoms with Crippen LogP contribution in [0.25, 0.3) is 0 Å². The average Bonchev–Trinajstić information content (AvgIpc) is 2.09. The van der Waals surface area contributed by atoms with Crippen molar-refractivity contribution in [1.29, 1.82) is 0 Å². The lowest BCUT2D eigenvalue weighted by Crippen LogP contribution is -2.15. The summed E-state index contributed by atoms with van der Waals surface area (Å²) >= 11 is 0. The molecule has 84 valence electrons. The molecule has 0 aliphatic rings. The van der Waals surface area contributed by atoms with E-state index in [9.17, 15) is 4.79 Å². The third-order valence-electron chi connectivity index (χ3n) is 2.51. The Bertz CT molecular complexity index is 152. The molecule has 0 heterocycles. The molecule has 0 aromatic rings. The van der Waals surface area contributed by atoms with E-state index >= 15 is 0 Å². The van der Waals surface area contributed by atoms with E-state index in [1.807, 2.05) is 0 Å². The van der Waals surface area contributed by atoms with Crippen LogP contribution < -0.4 is 0 Å². The third kappa shape index (κ3) is 6.93. The van der Waals surface area contributed by atoms with Crippen molar-refractivity contribution in [1.82, 2.24) is 0 Å². The molecule has 0 saturated heterocycles. The fourth-order valence-electron chi connectivity index (χ4n) is 1.73. The molecule has 1 atom stereocenters. The molecule has 0 radical (unpaired) electrons. The molecule has 14 heavy (non-hydrogen) atoms. The molecule has 0 rings (SSSR count). The van der Waals surface area contributed by atoms with Crippen LogP contribution in [0.3, 0.4) is 0 Å². The fraction of sp³-hybridized carbons (Fsp3) is 0.917. The van der Waals surface area contributed by atoms with Gasteiger partial charge in [-0.3, -0.25) is 4.79 Å². The number of carboxylic acids is 1. The zero-order chi connectivity index (χ0) is 11.0. The largest absolute Gasteiger partial charge is 0.481 e. The number of carboxylic acid groups (broad SMARTS) is 1. The highest BCUT2D eigenvalue weighted by molar-refractivity contribution is 5.69. The van der Waals surface area contributed by atoms with Gasteiger partial charge >= 0.3 is 5.97 Å². The highest BCUT2D eigenvalue weighted by atomic mass is 16.4. The number of unbranched alkanes of at least 4 members (excludes halogenated alkanes) is 3. The number of carbonyl (C=O) groups is 1. The zero-order valence-electron chi connectivity index (χ0n) is 9.75. The first-order chi connectivity index (χ1) is 6.57. The van der Waals surface area contributed by atoms with Gasteiger partial charge in [0.2, 0.25) is 0 Å². The minimum absolute atomic E-state index is 0.119. The average molecular weight is 200 g/mol. The Balaban J connectivity index is 3.68. The predicted octanol–water partition coefficient (Wildman–Crippen LogP) is 3.70. The van der Waals surface area contributed by atoms with Gasteiger partial charge in [-0.05, 0) is 18.8 Å². The van der Waals surface area contributed by atoms with Crippen LogP contribution in [0, 0.1) is 11.8 Å². The second-order valence-electron chi connectivity index (χ2n) is 4.51. The molecule has 1 N–H and O–H groups in total. The molecule has 2 heteroatoms. The molecule has 0 bridgehead atoms. The van der Waals surface area contributed by atoms with E-state index in [2.05, 4.69) is 20.8 Å². The van der Waals surface area contributed by atoms with Crippen LogP contribution in [0.15, 0.2) is 0 Å². The Hall–Kier alpha value is -0.530. The highest BCUT2D eigenvalue weighted by Gasteiger charge is 2.17. The highest BCUT2D eigenvalue weighted by Crippen LogP contribution is 2.19. The van der Waals surface area contributed by atoms with E-state index in [0.717, 1.165) is 19.3 Å². The Morgan fingerprint density at radius 1 is 1.21 bits per heavy atom. The molecule has 0 unspecified atom stereocenters. The van der Waals surface area contributed by atoms with Gasteiger partial charge < -0.3 is 5.11 Å². The molecular formula is C12H24O2. The van der Waals surface area contributed by atoms with Crippen LogP contribution in [-0.4, -0.2) is 11.1 Å². The van der Waals surface area contributed by atoms with Crippen LogP contribution in [0.5, 0.6) is 0 Å².